The number of likely N-dealkylation sites (tertiary alicyclic amines) is 1. The molecule has 0 saturated carbocycles. The van der Waals surface area contributed by atoms with Gasteiger partial charge in [-0.3, -0.25) is 14.7 Å². The average molecular weight is 423 g/mol. The summed E-state index contributed by atoms with van der Waals surface area (Å²) < 4.78 is 18.9. The van der Waals surface area contributed by atoms with E-state index in [1.165, 1.54) is 19.2 Å². The van der Waals surface area contributed by atoms with E-state index in [1.807, 2.05) is 0 Å². The number of aromatic nitrogens is 3. The number of aromatic amines is 1. The molecule has 0 atom stereocenters. The van der Waals surface area contributed by atoms with Gasteiger partial charge in [-0.1, -0.05) is 12.1 Å². The monoisotopic (exact) mass is 423 g/mol. The summed E-state index contributed by atoms with van der Waals surface area (Å²) in [7, 11) is 1.49. The molecule has 160 valence electrons. The smallest absolute Gasteiger partial charge is 0.276 e. The molecule has 0 radical (unpaired) electrons. The van der Waals surface area contributed by atoms with Gasteiger partial charge in [0.05, 0.1) is 12.8 Å². The zero-order chi connectivity index (χ0) is 21.8. The number of halogens is 1. The summed E-state index contributed by atoms with van der Waals surface area (Å²) in [6.07, 6.45) is 3.04. The molecule has 8 nitrogen and oxygen atoms in total. The second-order valence-electron chi connectivity index (χ2n) is 7.27. The van der Waals surface area contributed by atoms with E-state index in [4.69, 9.17) is 4.74 Å². The number of amides is 2. The molecule has 0 aliphatic carbocycles. The Labute approximate surface area is 178 Å². The number of ether oxygens (including phenoxy) is 1. The number of para-hydroxylation sites is 1. The number of piperidine rings is 1. The summed E-state index contributed by atoms with van der Waals surface area (Å²) >= 11 is 0. The highest BCUT2D eigenvalue weighted by atomic mass is 19.1. The van der Waals surface area contributed by atoms with Crippen molar-refractivity contribution < 1.29 is 18.7 Å². The number of H-pyrrole nitrogens is 1. The quantitative estimate of drug-likeness (QED) is 0.656. The van der Waals surface area contributed by atoms with Crippen LogP contribution in [0.25, 0.3) is 0 Å². The van der Waals surface area contributed by atoms with Gasteiger partial charge >= 0.3 is 0 Å². The fraction of sp³-hybridized carbons (Fsp3) is 0.273. The van der Waals surface area contributed by atoms with Crippen molar-refractivity contribution in [1.29, 1.82) is 0 Å². The van der Waals surface area contributed by atoms with Crippen molar-refractivity contribution in [1.82, 2.24) is 20.1 Å². The highest BCUT2D eigenvalue weighted by molar-refractivity contribution is 6.03. The predicted molar refractivity (Wildman–Crippen MR) is 112 cm³/mol. The molecular formula is C22H22FN5O3. The lowest BCUT2D eigenvalue weighted by Crippen LogP contribution is -2.38. The van der Waals surface area contributed by atoms with Crippen molar-refractivity contribution in [3.8, 4) is 5.88 Å². The molecule has 1 fully saturated rings. The van der Waals surface area contributed by atoms with E-state index in [9.17, 15) is 14.0 Å². The largest absolute Gasteiger partial charge is 0.480 e. The average Bonchev–Trinajstić information content (AvgIpc) is 3.31. The van der Waals surface area contributed by atoms with E-state index >= 15 is 0 Å². The summed E-state index contributed by atoms with van der Waals surface area (Å²) in [5, 5.41) is 9.52. The first kappa shape index (κ1) is 20.5. The van der Waals surface area contributed by atoms with E-state index in [0.29, 0.717) is 24.5 Å². The van der Waals surface area contributed by atoms with Gasteiger partial charge in [-0.15, -0.1) is 0 Å². The Morgan fingerprint density at radius 3 is 2.71 bits per heavy atom. The molecule has 3 aromatic rings. The second kappa shape index (κ2) is 8.95. The lowest BCUT2D eigenvalue weighted by Gasteiger charge is -2.31. The van der Waals surface area contributed by atoms with Gasteiger partial charge in [0, 0.05) is 30.9 Å². The van der Waals surface area contributed by atoms with Crippen LogP contribution in [0.15, 0.2) is 48.7 Å². The van der Waals surface area contributed by atoms with Gasteiger partial charge in [0.2, 0.25) is 5.88 Å². The normalized spacial score (nSPS) is 14.3. The number of rotatable bonds is 5. The van der Waals surface area contributed by atoms with Gasteiger partial charge in [0.1, 0.15) is 11.4 Å². The molecule has 1 saturated heterocycles. The van der Waals surface area contributed by atoms with Crippen LogP contribution < -0.4 is 10.1 Å². The molecule has 2 amide bonds. The Balaban J connectivity index is 1.37. The van der Waals surface area contributed by atoms with Crippen LogP contribution in [0.5, 0.6) is 5.88 Å². The van der Waals surface area contributed by atoms with Crippen molar-refractivity contribution in [2.24, 2.45) is 0 Å². The van der Waals surface area contributed by atoms with Crippen LogP contribution in [0.2, 0.25) is 0 Å². The van der Waals surface area contributed by atoms with Crippen LogP contribution in [0.4, 0.5) is 10.1 Å². The molecule has 9 heteroatoms. The van der Waals surface area contributed by atoms with Crippen LogP contribution in [0, 0.1) is 5.82 Å². The maximum Gasteiger partial charge on any atom is 0.276 e. The van der Waals surface area contributed by atoms with Gasteiger partial charge in [-0.25, -0.2) is 9.37 Å². The highest BCUT2D eigenvalue weighted by Gasteiger charge is 2.28. The van der Waals surface area contributed by atoms with Crippen molar-refractivity contribution >= 4 is 17.5 Å². The third-order valence-corrected chi connectivity index (χ3v) is 5.37. The molecule has 1 aromatic carbocycles. The van der Waals surface area contributed by atoms with Crippen LogP contribution in [0.3, 0.4) is 0 Å². The molecule has 3 heterocycles. The SMILES string of the molecule is COc1ncccc1C(=O)N1CCC(c2cc(C(=O)Nc3ccccc3F)n[nH]2)CC1. The first-order valence-electron chi connectivity index (χ1n) is 9.96. The molecule has 2 N–H and O–H groups in total. The summed E-state index contributed by atoms with van der Waals surface area (Å²) in [6, 6.07) is 11.1. The van der Waals surface area contributed by atoms with Crippen LogP contribution >= 0.6 is 0 Å². The van der Waals surface area contributed by atoms with Crippen molar-refractivity contribution in [3.63, 3.8) is 0 Å². The third-order valence-electron chi connectivity index (χ3n) is 5.37. The predicted octanol–water partition coefficient (Wildman–Crippen LogP) is 3.22. The molecule has 1 aliphatic heterocycles. The Hall–Kier alpha value is -3.75. The number of hydrogen-bond acceptors (Lipinski definition) is 5. The van der Waals surface area contributed by atoms with Crippen LogP contribution in [-0.4, -0.2) is 52.1 Å². The molecule has 2 aromatic heterocycles. The first-order valence-corrected chi connectivity index (χ1v) is 9.96. The Morgan fingerprint density at radius 2 is 1.97 bits per heavy atom. The Kier molecular flexibility index (Phi) is 5.92. The van der Waals surface area contributed by atoms with Crippen LogP contribution in [-0.2, 0) is 0 Å². The maximum atomic E-state index is 13.7. The number of pyridine rings is 1. The molecule has 0 bridgehead atoms. The fourth-order valence-corrected chi connectivity index (χ4v) is 3.69. The summed E-state index contributed by atoms with van der Waals surface area (Å²) in [4.78, 5) is 31.1. The summed E-state index contributed by atoms with van der Waals surface area (Å²) in [5.74, 6) is -0.646. The zero-order valence-corrected chi connectivity index (χ0v) is 17.0. The number of methoxy groups -OCH3 is 1. The van der Waals surface area contributed by atoms with Crippen molar-refractivity contribution in [2.75, 3.05) is 25.5 Å². The number of benzene rings is 1. The van der Waals surface area contributed by atoms with Gasteiger partial charge in [-0.2, -0.15) is 5.10 Å². The molecule has 4 rings (SSSR count). The van der Waals surface area contributed by atoms with Crippen molar-refractivity contribution in [2.45, 2.75) is 18.8 Å². The molecule has 31 heavy (non-hydrogen) atoms. The van der Waals surface area contributed by atoms with Crippen molar-refractivity contribution in [3.05, 3.63) is 71.4 Å². The molecule has 1 aliphatic rings. The number of carbonyl (C=O) groups excluding carboxylic acids is 2. The Morgan fingerprint density at radius 1 is 1.19 bits per heavy atom. The maximum absolute atomic E-state index is 13.7. The minimum absolute atomic E-state index is 0.106. The van der Waals surface area contributed by atoms with Crippen LogP contribution in [0.1, 0.15) is 45.3 Å². The number of nitrogens with zero attached hydrogens (tertiary/aromatic N) is 3. The van der Waals surface area contributed by atoms with E-state index in [2.05, 4.69) is 20.5 Å². The van der Waals surface area contributed by atoms with Gasteiger partial charge in [0.15, 0.2) is 5.69 Å². The minimum Gasteiger partial charge on any atom is -0.480 e. The first-order chi connectivity index (χ1) is 15.1. The molecular weight excluding hydrogens is 401 g/mol. The summed E-state index contributed by atoms with van der Waals surface area (Å²) in [6.45, 7) is 1.13. The van der Waals surface area contributed by atoms with E-state index in [0.717, 1.165) is 18.5 Å². The standard InChI is InChI=1S/C22H22FN5O3/c1-31-21-15(5-4-10-24-21)22(30)28-11-8-14(9-12-28)18-13-19(27-26-18)20(29)25-17-7-3-2-6-16(17)23/h2-7,10,13-14H,8-9,11-12H2,1H3,(H,25,29)(H,26,27). The van der Waals surface area contributed by atoms with E-state index in [1.54, 1.807) is 41.4 Å². The van der Waals surface area contributed by atoms with Gasteiger partial charge in [-0.05, 0) is 43.2 Å². The van der Waals surface area contributed by atoms with E-state index < -0.39 is 11.7 Å². The third kappa shape index (κ3) is 4.40. The number of hydrogen-bond donors (Lipinski definition) is 2. The Bertz CT molecular complexity index is 1090. The topological polar surface area (TPSA) is 100 Å². The lowest BCUT2D eigenvalue weighted by atomic mass is 9.93. The minimum atomic E-state index is -0.506. The van der Waals surface area contributed by atoms with E-state index in [-0.39, 0.29) is 23.2 Å². The van der Waals surface area contributed by atoms with Gasteiger partial charge < -0.3 is 15.0 Å². The molecule has 0 spiro atoms. The second-order valence-corrected chi connectivity index (χ2v) is 7.27. The zero-order valence-electron chi connectivity index (χ0n) is 17.0. The lowest BCUT2D eigenvalue weighted by molar-refractivity contribution is 0.0707. The number of carbonyl (C=O) groups is 2. The molecule has 0 unspecified atom stereocenters. The highest BCUT2D eigenvalue weighted by Crippen LogP contribution is 2.29. The number of nitrogens with one attached hydrogen (secondary N) is 2. The summed E-state index contributed by atoms with van der Waals surface area (Å²) in [5.41, 5.74) is 1.56. The number of anilines is 1. The van der Waals surface area contributed by atoms with Gasteiger partial charge in [0.25, 0.3) is 11.8 Å². The fourth-order valence-electron chi connectivity index (χ4n) is 3.69.